The first kappa shape index (κ1) is 14.7. The minimum atomic E-state index is -0.771. The number of aliphatic carboxylic acids is 1. The van der Waals surface area contributed by atoms with Gasteiger partial charge in [0.1, 0.15) is 0 Å². The predicted octanol–water partition coefficient (Wildman–Crippen LogP) is 3.72. The van der Waals surface area contributed by atoms with Gasteiger partial charge in [0.25, 0.3) is 0 Å². The lowest BCUT2D eigenvalue weighted by Crippen LogP contribution is -1.97. The second-order valence-corrected chi connectivity index (χ2v) is 5.48. The summed E-state index contributed by atoms with van der Waals surface area (Å²) >= 11 is 1.61. The van der Waals surface area contributed by atoms with Crippen molar-refractivity contribution in [1.29, 1.82) is 0 Å². The van der Waals surface area contributed by atoms with Gasteiger partial charge in [0.05, 0.1) is 19.6 Å². The molecule has 5 heteroatoms. The monoisotopic (exact) mass is 294 g/mol. The van der Waals surface area contributed by atoms with Crippen molar-refractivity contribution < 1.29 is 19.4 Å². The van der Waals surface area contributed by atoms with Crippen molar-refractivity contribution in [3.8, 4) is 11.5 Å². The lowest BCUT2D eigenvalue weighted by atomic mass is 10.2. The zero-order valence-corrected chi connectivity index (χ0v) is 12.5. The summed E-state index contributed by atoms with van der Waals surface area (Å²) in [4.78, 5) is 11.7. The molecule has 0 saturated carbocycles. The molecule has 2 rings (SSSR count). The first-order valence-corrected chi connectivity index (χ1v) is 7.49. The third-order valence-corrected chi connectivity index (χ3v) is 3.98. The largest absolute Gasteiger partial charge is 0.490 e. The smallest absolute Gasteiger partial charge is 0.303 e. The molecule has 0 radical (unpaired) electrons. The molecule has 0 spiro atoms. The zero-order chi connectivity index (χ0) is 14.5. The third-order valence-electron chi connectivity index (χ3n) is 2.82. The van der Waals surface area contributed by atoms with Crippen LogP contribution in [0.1, 0.15) is 25.1 Å². The van der Waals surface area contributed by atoms with Crippen LogP contribution in [0.15, 0.2) is 18.2 Å². The number of aryl methyl sites for hydroxylation is 1. The van der Waals surface area contributed by atoms with Crippen LogP contribution in [-0.4, -0.2) is 24.3 Å². The van der Waals surface area contributed by atoms with Gasteiger partial charge in [-0.05, 0) is 37.8 Å². The van der Waals surface area contributed by atoms with Gasteiger partial charge in [0, 0.05) is 15.6 Å². The Hall–Kier alpha value is -1.75. The first-order chi connectivity index (χ1) is 9.63. The number of rotatable bonds is 7. The van der Waals surface area contributed by atoms with Crippen LogP contribution in [0.3, 0.4) is 0 Å². The molecule has 0 aliphatic rings. The van der Waals surface area contributed by atoms with E-state index in [1.165, 1.54) is 0 Å². The van der Waals surface area contributed by atoms with Crippen molar-refractivity contribution in [1.82, 2.24) is 0 Å². The lowest BCUT2D eigenvalue weighted by Gasteiger charge is -2.10. The molecule has 4 nitrogen and oxygen atoms in total. The first-order valence-electron chi connectivity index (χ1n) is 6.67. The predicted molar refractivity (Wildman–Crippen MR) is 80.1 cm³/mol. The number of ether oxygens (including phenoxy) is 2. The highest BCUT2D eigenvalue weighted by atomic mass is 32.1. The SMILES string of the molecule is CCOc1cc2cc(CCC(=O)O)sc2cc1OCC. The molecule has 0 amide bonds. The molecule has 0 saturated heterocycles. The summed E-state index contributed by atoms with van der Waals surface area (Å²) in [6, 6.07) is 5.96. The Kier molecular flexibility index (Phi) is 4.84. The Labute approximate surface area is 121 Å². The number of fused-ring (bicyclic) bond motifs is 1. The second-order valence-electron chi connectivity index (χ2n) is 4.31. The fraction of sp³-hybridized carbons (Fsp3) is 0.400. The Bertz CT molecular complexity index is 560. The van der Waals surface area contributed by atoms with E-state index in [1.54, 1.807) is 11.3 Å². The molecule has 108 valence electrons. The third kappa shape index (κ3) is 3.42. The minimum absolute atomic E-state index is 0.156. The highest BCUT2D eigenvalue weighted by Gasteiger charge is 2.11. The lowest BCUT2D eigenvalue weighted by molar-refractivity contribution is -0.136. The van der Waals surface area contributed by atoms with Gasteiger partial charge >= 0.3 is 5.97 Å². The van der Waals surface area contributed by atoms with Crippen molar-refractivity contribution in [2.24, 2.45) is 0 Å². The molecule has 0 fully saturated rings. The summed E-state index contributed by atoms with van der Waals surface area (Å²) in [7, 11) is 0. The molecule has 0 aliphatic heterocycles. The Balaban J connectivity index is 2.32. The second kappa shape index (κ2) is 6.61. The Morgan fingerprint density at radius 2 is 1.80 bits per heavy atom. The summed E-state index contributed by atoms with van der Waals surface area (Å²) in [5.74, 6) is 0.713. The molecule has 1 heterocycles. The number of hydrogen-bond donors (Lipinski definition) is 1. The van der Waals surface area contributed by atoms with Crippen LogP contribution >= 0.6 is 11.3 Å². The molecule has 2 aromatic rings. The Morgan fingerprint density at radius 3 is 2.40 bits per heavy atom. The van der Waals surface area contributed by atoms with E-state index in [9.17, 15) is 4.79 Å². The van der Waals surface area contributed by atoms with Gasteiger partial charge in [-0.25, -0.2) is 0 Å². The van der Waals surface area contributed by atoms with Crippen LogP contribution in [0.2, 0.25) is 0 Å². The zero-order valence-electron chi connectivity index (χ0n) is 11.6. The van der Waals surface area contributed by atoms with Crippen molar-refractivity contribution in [2.45, 2.75) is 26.7 Å². The molecule has 0 atom stereocenters. The maximum Gasteiger partial charge on any atom is 0.303 e. The summed E-state index contributed by atoms with van der Waals surface area (Å²) in [5.41, 5.74) is 0. The number of carbonyl (C=O) groups is 1. The molecular weight excluding hydrogens is 276 g/mol. The molecule has 1 aromatic carbocycles. The van der Waals surface area contributed by atoms with Gasteiger partial charge in [-0.1, -0.05) is 0 Å². The topological polar surface area (TPSA) is 55.8 Å². The van der Waals surface area contributed by atoms with E-state index >= 15 is 0 Å². The van der Waals surface area contributed by atoms with Crippen molar-refractivity contribution in [2.75, 3.05) is 13.2 Å². The van der Waals surface area contributed by atoms with Crippen LogP contribution in [0.25, 0.3) is 10.1 Å². The highest BCUT2D eigenvalue weighted by Crippen LogP contribution is 2.37. The van der Waals surface area contributed by atoms with Crippen molar-refractivity contribution in [3.63, 3.8) is 0 Å². The number of carboxylic acid groups (broad SMARTS) is 1. The van der Waals surface area contributed by atoms with Crippen LogP contribution in [0, 0.1) is 0 Å². The van der Waals surface area contributed by atoms with E-state index in [0.29, 0.717) is 19.6 Å². The molecule has 1 N–H and O–H groups in total. The van der Waals surface area contributed by atoms with E-state index in [1.807, 2.05) is 32.0 Å². The average Bonchev–Trinajstić information content (AvgIpc) is 2.79. The number of hydrogen-bond acceptors (Lipinski definition) is 4. The fourth-order valence-electron chi connectivity index (χ4n) is 1.99. The van der Waals surface area contributed by atoms with Gasteiger partial charge < -0.3 is 14.6 Å². The summed E-state index contributed by atoms with van der Waals surface area (Å²) in [6.07, 6.45) is 0.714. The highest BCUT2D eigenvalue weighted by molar-refractivity contribution is 7.19. The Morgan fingerprint density at radius 1 is 1.15 bits per heavy atom. The number of carboxylic acids is 1. The summed E-state index contributed by atoms with van der Waals surface area (Å²) in [5, 5.41) is 9.81. The van der Waals surface area contributed by atoms with Gasteiger partial charge in [-0.2, -0.15) is 0 Å². The molecule has 0 bridgehead atoms. The van der Waals surface area contributed by atoms with Gasteiger partial charge in [-0.15, -0.1) is 11.3 Å². The molecule has 20 heavy (non-hydrogen) atoms. The van der Waals surface area contributed by atoms with Crippen molar-refractivity contribution in [3.05, 3.63) is 23.1 Å². The standard InChI is InChI=1S/C15H18O4S/c1-3-18-12-8-10-7-11(5-6-15(16)17)20-14(10)9-13(12)19-4-2/h7-9H,3-6H2,1-2H3,(H,16,17). The van der Waals surface area contributed by atoms with Gasteiger partial charge in [0.2, 0.25) is 0 Å². The molecular formula is C15H18O4S. The minimum Gasteiger partial charge on any atom is -0.490 e. The summed E-state index contributed by atoms with van der Waals surface area (Å²) in [6.45, 7) is 5.04. The number of thiophene rings is 1. The fourth-order valence-corrected chi connectivity index (χ4v) is 3.07. The van der Waals surface area contributed by atoms with E-state index in [2.05, 4.69) is 0 Å². The maximum atomic E-state index is 10.6. The van der Waals surface area contributed by atoms with Crippen LogP contribution in [0.4, 0.5) is 0 Å². The van der Waals surface area contributed by atoms with E-state index in [4.69, 9.17) is 14.6 Å². The van der Waals surface area contributed by atoms with Crippen LogP contribution in [0.5, 0.6) is 11.5 Å². The average molecular weight is 294 g/mol. The van der Waals surface area contributed by atoms with E-state index < -0.39 is 5.97 Å². The van der Waals surface area contributed by atoms with E-state index in [0.717, 1.165) is 26.5 Å². The molecule has 0 unspecified atom stereocenters. The normalized spacial score (nSPS) is 10.7. The van der Waals surface area contributed by atoms with Crippen molar-refractivity contribution >= 4 is 27.4 Å². The van der Waals surface area contributed by atoms with Crippen LogP contribution in [-0.2, 0) is 11.2 Å². The number of benzene rings is 1. The summed E-state index contributed by atoms with van der Waals surface area (Å²) < 4.78 is 12.3. The molecule has 1 aromatic heterocycles. The van der Waals surface area contributed by atoms with Crippen LogP contribution < -0.4 is 9.47 Å². The van der Waals surface area contributed by atoms with E-state index in [-0.39, 0.29) is 6.42 Å². The maximum absolute atomic E-state index is 10.6. The quantitative estimate of drug-likeness (QED) is 0.845. The van der Waals surface area contributed by atoms with Gasteiger partial charge in [0.15, 0.2) is 11.5 Å². The van der Waals surface area contributed by atoms with Gasteiger partial charge in [-0.3, -0.25) is 4.79 Å². The molecule has 0 aliphatic carbocycles.